The molecule has 0 saturated heterocycles. The smallest absolute Gasteiger partial charge is 0.305 e. The summed E-state index contributed by atoms with van der Waals surface area (Å²) in [6.07, 6.45) is 0.0923. The number of fused-ring (bicyclic) bond motifs is 1. The van der Waals surface area contributed by atoms with Crippen LogP contribution in [0.4, 0.5) is 5.95 Å². The van der Waals surface area contributed by atoms with Crippen molar-refractivity contribution in [1.82, 2.24) is 9.55 Å². The van der Waals surface area contributed by atoms with Gasteiger partial charge in [0.2, 0.25) is 5.95 Å². The standard InChI is InChI=1S/C11H13N3O2/c1-12-11-13-8-4-2-3-5-9(8)14(11)7-6-10(15)16/h2-5H,6-7H2,1H3,(H,12,13)(H,15,16). The number of imidazole rings is 1. The molecular formula is C11H13N3O2. The van der Waals surface area contributed by atoms with Crippen LogP contribution in [0.15, 0.2) is 24.3 Å². The van der Waals surface area contributed by atoms with E-state index in [0.717, 1.165) is 11.0 Å². The SMILES string of the molecule is CNc1nc2ccccc2n1CCC(=O)O. The van der Waals surface area contributed by atoms with Crippen LogP contribution >= 0.6 is 0 Å². The van der Waals surface area contributed by atoms with Crippen molar-refractivity contribution in [2.24, 2.45) is 0 Å². The lowest BCUT2D eigenvalue weighted by Gasteiger charge is -2.06. The van der Waals surface area contributed by atoms with Gasteiger partial charge in [-0.15, -0.1) is 0 Å². The van der Waals surface area contributed by atoms with Crippen molar-refractivity contribution in [3.63, 3.8) is 0 Å². The number of para-hydroxylation sites is 2. The zero-order valence-electron chi connectivity index (χ0n) is 8.97. The zero-order chi connectivity index (χ0) is 11.5. The van der Waals surface area contributed by atoms with Gasteiger partial charge < -0.3 is 15.0 Å². The van der Waals surface area contributed by atoms with Gasteiger partial charge in [-0.05, 0) is 12.1 Å². The Bertz CT molecular complexity index is 519. The van der Waals surface area contributed by atoms with Crippen LogP contribution in [0.3, 0.4) is 0 Å². The van der Waals surface area contributed by atoms with Crippen molar-refractivity contribution in [1.29, 1.82) is 0 Å². The molecule has 0 fully saturated rings. The number of rotatable bonds is 4. The number of hydrogen-bond acceptors (Lipinski definition) is 3. The van der Waals surface area contributed by atoms with Gasteiger partial charge >= 0.3 is 5.97 Å². The minimum Gasteiger partial charge on any atom is -0.481 e. The highest BCUT2D eigenvalue weighted by Gasteiger charge is 2.09. The third-order valence-electron chi connectivity index (χ3n) is 2.43. The number of carbonyl (C=O) groups is 1. The number of hydrogen-bond donors (Lipinski definition) is 2. The maximum Gasteiger partial charge on any atom is 0.305 e. The van der Waals surface area contributed by atoms with Crippen LogP contribution in [-0.2, 0) is 11.3 Å². The predicted octanol–water partition coefficient (Wildman–Crippen LogP) is 1.55. The first-order valence-corrected chi connectivity index (χ1v) is 5.07. The topological polar surface area (TPSA) is 67.2 Å². The molecule has 0 radical (unpaired) electrons. The van der Waals surface area contributed by atoms with Crippen molar-refractivity contribution in [3.8, 4) is 0 Å². The molecular weight excluding hydrogens is 206 g/mol. The van der Waals surface area contributed by atoms with Crippen LogP contribution in [0.25, 0.3) is 11.0 Å². The Labute approximate surface area is 92.7 Å². The van der Waals surface area contributed by atoms with Crippen molar-refractivity contribution in [3.05, 3.63) is 24.3 Å². The third kappa shape index (κ3) is 1.84. The van der Waals surface area contributed by atoms with E-state index < -0.39 is 5.97 Å². The largest absolute Gasteiger partial charge is 0.481 e. The summed E-state index contributed by atoms with van der Waals surface area (Å²) in [4.78, 5) is 14.9. The number of carboxylic acid groups (broad SMARTS) is 1. The Kier molecular flexibility index (Phi) is 2.76. The van der Waals surface area contributed by atoms with Crippen molar-refractivity contribution < 1.29 is 9.90 Å². The van der Waals surface area contributed by atoms with Gasteiger partial charge in [0.25, 0.3) is 0 Å². The summed E-state index contributed by atoms with van der Waals surface area (Å²) in [5.74, 6) is -0.109. The molecule has 16 heavy (non-hydrogen) atoms. The number of benzene rings is 1. The molecule has 0 atom stereocenters. The Morgan fingerprint density at radius 1 is 1.50 bits per heavy atom. The molecule has 5 heteroatoms. The number of anilines is 1. The van der Waals surface area contributed by atoms with Gasteiger partial charge in [-0.2, -0.15) is 0 Å². The van der Waals surface area contributed by atoms with Crippen LogP contribution in [0.2, 0.25) is 0 Å². The van der Waals surface area contributed by atoms with Gasteiger partial charge in [-0.1, -0.05) is 12.1 Å². The molecule has 2 aromatic rings. The van der Waals surface area contributed by atoms with Crippen molar-refractivity contribution in [2.75, 3.05) is 12.4 Å². The summed E-state index contributed by atoms with van der Waals surface area (Å²) in [7, 11) is 1.78. The van der Waals surface area contributed by atoms with E-state index >= 15 is 0 Å². The first-order valence-electron chi connectivity index (χ1n) is 5.07. The summed E-state index contributed by atoms with van der Waals surface area (Å²) in [6, 6.07) is 7.68. The van der Waals surface area contributed by atoms with Gasteiger partial charge in [0.15, 0.2) is 0 Å². The van der Waals surface area contributed by atoms with Crippen LogP contribution < -0.4 is 5.32 Å². The van der Waals surface area contributed by atoms with Crippen molar-refractivity contribution >= 4 is 23.0 Å². The maximum absolute atomic E-state index is 10.6. The van der Waals surface area contributed by atoms with E-state index in [0.29, 0.717) is 12.5 Å². The van der Waals surface area contributed by atoms with Crippen LogP contribution in [0.1, 0.15) is 6.42 Å². The normalized spacial score (nSPS) is 10.6. The fraction of sp³-hybridized carbons (Fsp3) is 0.273. The molecule has 0 spiro atoms. The van der Waals surface area contributed by atoms with E-state index in [9.17, 15) is 4.79 Å². The second kappa shape index (κ2) is 4.22. The highest BCUT2D eigenvalue weighted by molar-refractivity contribution is 5.78. The Hall–Kier alpha value is -2.04. The van der Waals surface area contributed by atoms with E-state index in [4.69, 9.17) is 5.11 Å². The van der Waals surface area contributed by atoms with Crippen LogP contribution in [-0.4, -0.2) is 27.7 Å². The summed E-state index contributed by atoms with van der Waals surface area (Å²) in [5.41, 5.74) is 1.82. The molecule has 1 aromatic carbocycles. The molecule has 5 nitrogen and oxygen atoms in total. The maximum atomic E-state index is 10.6. The van der Waals surface area contributed by atoms with Gasteiger partial charge in [0, 0.05) is 13.6 Å². The highest BCUT2D eigenvalue weighted by atomic mass is 16.4. The van der Waals surface area contributed by atoms with E-state index in [-0.39, 0.29) is 6.42 Å². The number of aryl methyl sites for hydroxylation is 1. The number of carboxylic acids is 1. The molecule has 2 N–H and O–H groups in total. The van der Waals surface area contributed by atoms with Gasteiger partial charge in [0.1, 0.15) is 0 Å². The van der Waals surface area contributed by atoms with E-state index in [2.05, 4.69) is 10.3 Å². The Morgan fingerprint density at radius 2 is 2.25 bits per heavy atom. The molecule has 0 aliphatic carbocycles. The molecule has 2 rings (SSSR count). The average molecular weight is 219 g/mol. The minimum absolute atomic E-state index is 0.0923. The second-order valence-corrected chi connectivity index (χ2v) is 3.47. The van der Waals surface area contributed by atoms with Crippen LogP contribution in [0.5, 0.6) is 0 Å². The lowest BCUT2D eigenvalue weighted by atomic mass is 10.3. The highest BCUT2D eigenvalue weighted by Crippen LogP contribution is 2.19. The first kappa shape index (κ1) is 10.5. The van der Waals surface area contributed by atoms with Gasteiger partial charge in [-0.25, -0.2) is 4.98 Å². The first-order chi connectivity index (χ1) is 7.72. The Morgan fingerprint density at radius 3 is 2.94 bits per heavy atom. The van der Waals surface area contributed by atoms with Crippen molar-refractivity contribution in [2.45, 2.75) is 13.0 Å². The van der Waals surface area contributed by atoms with E-state index in [1.54, 1.807) is 7.05 Å². The van der Waals surface area contributed by atoms with Gasteiger partial charge in [-0.3, -0.25) is 4.79 Å². The summed E-state index contributed by atoms with van der Waals surface area (Å²) in [6.45, 7) is 0.423. The molecule has 1 aromatic heterocycles. The average Bonchev–Trinajstić information content (AvgIpc) is 2.64. The number of aromatic nitrogens is 2. The summed E-state index contributed by atoms with van der Waals surface area (Å²) < 4.78 is 1.88. The van der Waals surface area contributed by atoms with Crippen LogP contribution in [0, 0.1) is 0 Å². The molecule has 84 valence electrons. The number of nitrogens with one attached hydrogen (secondary N) is 1. The number of aliphatic carboxylic acids is 1. The molecule has 0 bridgehead atoms. The fourth-order valence-corrected chi connectivity index (χ4v) is 1.70. The monoisotopic (exact) mass is 219 g/mol. The second-order valence-electron chi connectivity index (χ2n) is 3.47. The molecule has 1 heterocycles. The summed E-state index contributed by atoms with van der Waals surface area (Å²) in [5, 5.41) is 11.7. The molecule has 0 saturated carbocycles. The molecule has 0 amide bonds. The van der Waals surface area contributed by atoms with Gasteiger partial charge in [0.05, 0.1) is 17.5 Å². The quantitative estimate of drug-likeness (QED) is 0.818. The lowest BCUT2D eigenvalue weighted by Crippen LogP contribution is -2.07. The Balaban J connectivity index is 2.43. The van der Waals surface area contributed by atoms with E-state index in [1.165, 1.54) is 0 Å². The summed E-state index contributed by atoms with van der Waals surface area (Å²) >= 11 is 0. The lowest BCUT2D eigenvalue weighted by molar-refractivity contribution is -0.137. The predicted molar refractivity (Wildman–Crippen MR) is 61.5 cm³/mol. The zero-order valence-corrected chi connectivity index (χ0v) is 8.97. The fourth-order valence-electron chi connectivity index (χ4n) is 1.70. The molecule has 0 unspecified atom stereocenters. The molecule has 0 aliphatic heterocycles. The van der Waals surface area contributed by atoms with E-state index in [1.807, 2.05) is 28.8 Å². The third-order valence-corrected chi connectivity index (χ3v) is 2.43. The number of nitrogens with zero attached hydrogens (tertiary/aromatic N) is 2. The minimum atomic E-state index is -0.806. The molecule has 0 aliphatic rings.